The van der Waals surface area contributed by atoms with E-state index in [9.17, 15) is 5.11 Å². The van der Waals surface area contributed by atoms with Gasteiger partial charge in [-0.05, 0) is 30.2 Å². The highest BCUT2D eigenvalue weighted by Gasteiger charge is 2.09. The Kier molecular flexibility index (Phi) is 3.31. The first-order valence-corrected chi connectivity index (χ1v) is 4.63. The van der Waals surface area contributed by atoms with Crippen molar-refractivity contribution in [3.8, 4) is 17.2 Å². The van der Waals surface area contributed by atoms with E-state index in [0.29, 0.717) is 12.0 Å². The number of hydrogen-bond acceptors (Lipinski definition) is 4. The lowest BCUT2D eigenvalue weighted by molar-refractivity contribution is 0.365. The summed E-state index contributed by atoms with van der Waals surface area (Å²) in [6.45, 7) is 0. The third-order valence-electron chi connectivity index (χ3n) is 1.82. The van der Waals surface area contributed by atoms with Crippen LogP contribution in [0.2, 0.25) is 0 Å². The highest BCUT2D eigenvalue weighted by molar-refractivity contribution is 7.80. The van der Waals surface area contributed by atoms with Gasteiger partial charge in [-0.15, -0.1) is 0 Å². The predicted octanol–water partition coefficient (Wildman–Crippen LogP) is 1.67. The van der Waals surface area contributed by atoms with Crippen LogP contribution >= 0.6 is 12.6 Å². The molecule has 0 unspecified atom stereocenters. The lowest BCUT2D eigenvalue weighted by Crippen LogP contribution is -1.87. The fourth-order valence-corrected chi connectivity index (χ4v) is 1.24. The topological polar surface area (TPSA) is 60.7 Å². The summed E-state index contributed by atoms with van der Waals surface area (Å²) in [5, 5.41) is 27.6. The van der Waals surface area contributed by atoms with E-state index in [2.05, 4.69) is 12.6 Å². The number of phenolic OH excluding ortho intramolecular Hbond substituents is 3. The molecule has 1 rings (SSSR count). The lowest BCUT2D eigenvalue weighted by Gasteiger charge is -2.06. The number of phenols is 3. The van der Waals surface area contributed by atoms with Crippen molar-refractivity contribution in [2.45, 2.75) is 12.8 Å². The van der Waals surface area contributed by atoms with Crippen molar-refractivity contribution in [1.82, 2.24) is 0 Å². The van der Waals surface area contributed by atoms with Crippen molar-refractivity contribution in [2.75, 3.05) is 5.75 Å². The average molecular weight is 200 g/mol. The molecule has 0 heterocycles. The van der Waals surface area contributed by atoms with Gasteiger partial charge in [0.1, 0.15) is 0 Å². The van der Waals surface area contributed by atoms with Crippen LogP contribution in [0.4, 0.5) is 0 Å². The third kappa shape index (κ3) is 2.21. The molecule has 1 aromatic rings. The van der Waals surface area contributed by atoms with E-state index >= 15 is 0 Å². The molecule has 0 aromatic heterocycles. The summed E-state index contributed by atoms with van der Waals surface area (Å²) in [6.07, 6.45) is 1.46. The summed E-state index contributed by atoms with van der Waals surface area (Å²) in [7, 11) is 0. The van der Waals surface area contributed by atoms with E-state index in [4.69, 9.17) is 10.2 Å². The van der Waals surface area contributed by atoms with Crippen molar-refractivity contribution in [2.24, 2.45) is 0 Å². The normalized spacial score (nSPS) is 10.2. The summed E-state index contributed by atoms with van der Waals surface area (Å²) in [5.41, 5.74) is 0.629. The van der Waals surface area contributed by atoms with Gasteiger partial charge in [-0.1, -0.05) is 6.07 Å². The summed E-state index contributed by atoms with van der Waals surface area (Å²) < 4.78 is 0. The molecule has 0 aliphatic rings. The molecule has 0 amide bonds. The minimum atomic E-state index is -0.448. The Labute approximate surface area is 82.1 Å². The van der Waals surface area contributed by atoms with Gasteiger partial charge in [0, 0.05) is 0 Å². The fraction of sp³-hybridized carbons (Fsp3) is 0.333. The Morgan fingerprint density at radius 3 is 2.38 bits per heavy atom. The second-order valence-corrected chi connectivity index (χ2v) is 3.22. The van der Waals surface area contributed by atoms with E-state index in [1.807, 2.05) is 0 Å². The predicted molar refractivity (Wildman–Crippen MR) is 53.6 cm³/mol. The first kappa shape index (κ1) is 10.1. The molecule has 72 valence electrons. The molecule has 0 spiro atoms. The summed E-state index contributed by atoms with van der Waals surface area (Å²) in [4.78, 5) is 0. The maximum Gasteiger partial charge on any atom is 0.200 e. The first-order valence-electron chi connectivity index (χ1n) is 4.00. The Bertz CT molecular complexity index is 299. The second kappa shape index (κ2) is 4.28. The largest absolute Gasteiger partial charge is 0.504 e. The highest BCUT2D eigenvalue weighted by atomic mass is 32.1. The number of benzene rings is 1. The maximum absolute atomic E-state index is 9.37. The maximum atomic E-state index is 9.37. The minimum Gasteiger partial charge on any atom is -0.504 e. The van der Waals surface area contributed by atoms with Gasteiger partial charge < -0.3 is 15.3 Å². The van der Waals surface area contributed by atoms with Crippen LogP contribution in [0.1, 0.15) is 12.0 Å². The molecule has 0 atom stereocenters. The van der Waals surface area contributed by atoms with Crippen molar-refractivity contribution >= 4 is 12.6 Å². The number of aryl methyl sites for hydroxylation is 1. The molecule has 0 saturated carbocycles. The van der Waals surface area contributed by atoms with Crippen molar-refractivity contribution < 1.29 is 15.3 Å². The number of thiol groups is 1. The molecule has 0 aliphatic heterocycles. The third-order valence-corrected chi connectivity index (χ3v) is 2.13. The van der Waals surface area contributed by atoms with E-state index in [1.165, 1.54) is 6.07 Å². The smallest absolute Gasteiger partial charge is 0.200 e. The van der Waals surface area contributed by atoms with Crippen LogP contribution in [-0.2, 0) is 6.42 Å². The average Bonchev–Trinajstić information content (AvgIpc) is 2.13. The van der Waals surface area contributed by atoms with Crippen molar-refractivity contribution in [3.63, 3.8) is 0 Å². The summed E-state index contributed by atoms with van der Waals surface area (Å²) >= 11 is 4.04. The van der Waals surface area contributed by atoms with Gasteiger partial charge in [0.2, 0.25) is 5.75 Å². The van der Waals surface area contributed by atoms with E-state index in [1.54, 1.807) is 6.07 Å². The standard InChI is InChI=1S/C9H12O3S/c10-7-4-3-6(2-1-5-13)8(11)9(7)12/h3-4,10-13H,1-2,5H2. The van der Waals surface area contributed by atoms with Crippen LogP contribution in [0.25, 0.3) is 0 Å². The molecular formula is C9H12O3S. The Hall–Kier alpha value is -1.03. The second-order valence-electron chi connectivity index (χ2n) is 2.77. The molecule has 0 aliphatic carbocycles. The Balaban J connectivity index is 2.90. The summed E-state index contributed by atoms with van der Waals surface area (Å²) in [6, 6.07) is 2.96. The van der Waals surface area contributed by atoms with Gasteiger partial charge >= 0.3 is 0 Å². The lowest BCUT2D eigenvalue weighted by atomic mass is 10.1. The van der Waals surface area contributed by atoms with Gasteiger partial charge in [-0.3, -0.25) is 0 Å². The zero-order valence-corrected chi connectivity index (χ0v) is 7.96. The monoisotopic (exact) mass is 200 g/mol. The molecule has 4 heteroatoms. The van der Waals surface area contributed by atoms with Gasteiger partial charge in [0.15, 0.2) is 11.5 Å². The molecule has 0 fully saturated rings. The zero-order chi connectivity index (χ0) is 9.84. The zero-order valence-electron chi connectivity index (χ0n) is 7.06. The van der Waals surface area contributed by atoms with Crippen LogP contribution in [0.15, 0.2) is 12.1 Å². The van der Waals surface area contributed by atoms with E-state index < -0.39 is 5.75 Å². The van der Waals surface area contributed by atoms with Crippen molar-refractivity contribution in [3.05, 3.63) is 17.7 Å². The van der Waals surface area contributed by atoms with Crippen LogP contribution in [0.3, 0.4) is 0 Å². The molecule has 0 bridgehead atoms. The first-order chi connectivity index (χ1) is 6.16. The molecule has 3 nitrogen and oxygen atoms in total. The Morgan fingerprint density at radius 1 is 1.08 bits per heavy atom. The van der Waals surface area contributed by atoms with Crippen LogP contribution in [0, 0.1) is 0 Å². The molecule has 0 radical (unpaired) electrons. The van der Waals surface area contributed by atoms with Gasteiger partial charge in [-0.2, -0.15) is 12.6 Å². The van der Waals surface area contributed by atoms with E-state index in [-0.39, 0.29) is 11.5 Å². The molecular weight excluding hydrogens is 188 g/mol. The molecule has 3 N–H and O–H groups in total. The van der Waals surface area contributed by atoms with Gasteiger partial charge in [0.05, 0.1) is 0 Å². The van der Waals surface area contributed by atoms with E-state index in [0.717, 1.165) is 12.2 Å². The number of rotatable bonds is 3. The highest BCUT2D eigenvalue weighted by Crippen LogP contribution is 2.37. The van der Waals surface area contributed by atoms with Crippen LogP contribution < -0.4 is 0 Å². The van der Waals surface area contributed by atoms with Gasteiger partial charge in [0.25, 0.3) is 0 Å². The van der Waals surface area contributed by atoms with Crippen molar-refractivity contribution in [1.29, 1.82) is 0 Å². The SMILES string of the molecule is Oc1ccc(CCCS)c(O)c1O. The summed E-state index contributed by atoms with van der Waals surface area (Å²) in [5.74, 6) is -0.258. The quantitative estimate of drug-likeness (QED) is 0.443. The van der Waals surface area contributed by atoms with Crippen LogP contribution in [-0.4, -0.2) is 21.1 Å². The minimum absolute atomic E-state index is 0.234. The molecule has 0 saturated heterocycles. The number of hydrogen-bond donors (Lipinski definition) is 4. The van der Waals surface area contributed by atoms with Gasteiger partial charge in [-0.25, -0.2) is 0 Å². The Morgan fingerprint density at radius 2 is 1.77 bits per heavy atom. The molecule has 13 heavy (non-hydrogen) atoms. The van der Waals surface area contributed by atoms with Crippen LogP contribution in [0.5, 0.6) is 17.2 Å². The molecule has 1 aromatic carbocycles. The number of aromatic hydroxyl groups is 3. The fourth-order valence-electron chi connectivity index (χ4n) is 1.08.